The third-order valence-electron chi connectivity index (χ3n) is 1.50. The Morgan fingerprint density at radius 1 is 1.38 bits per heavy atom. The summed E-state index contributed by atoms with van der Waals surface area (Å²) in [5.41, 5.74) is 0.191. The third kappa shape index (κ3) is 3.38. The molecule has 0 fully saturated rings. The topological polar surface area (TPSA) is 25.8 Å². The van der Waals surface area contributed by atoms with Crippen LogP contribution in [0.15, 0.2) is 0 Å². The molecule has 0 aliphatic heterocycles. The fourth-order valence-corrected chi connectivity index (χ4v) is 2.02. The minimum Gasteiger partial charge on any atom is -0.240 e. The van der Waals surface area contributed by atoms with Crippen molar-refractivity contribution in [2.75, 3.05) is 0 Å². The van der Waals surface area contributed by atoms with E-state index in [4.69, 9.17) is 0 Å². The first-order valence-corrected chi connectivity index (χ1v) is 5.16. The van der Waals surface area contributed by atoms with Crippen molar-refractivity contribution < 1.29 is 4.39 Å². The fourth-order valence-electron chi connectivity index (χ4n) is 0.952. The van der Waals surface area contributed by atoms with E-state index in [0.717, 1.165) is 11.4 Å². The van der Waals surface area contributed by atoms with Gasteiger partial charge in [-0.15, -0.1) is 10.2 Å². The number of rotatable bonds is 2. The molecule has 0 saturated carbocycles. The van der Waals surface area contributed by atoms with Crippen LogP contribution in [0.1, 0.15) is 43.9 Å². The second-order valence-electron chi connectivity index (χ2n) is 4.39. The average molecular weight is 202 g/mol. The van der Waals surface area contributed by atoms with Gasteiger partial charge in [0.25, 0.3) is 0 Å². The van der Waals surface area contributed by atoms with E-state index in [1.165, 1.54) is 18.3 Å². The monoisotopic (exact) mass is 202 g/mol. The zero-order valence-electron chi connectivity index (χ0n) is 8.47. The van der Waals surface area contributed by atoms with Gasteiger partial charge in [-0.3, -0.25) is 0 Å². The van der Waals surface area contributed by atoms with Gasteiger partial charge in [-0.2, -0.15) is 0 Å². The summed E-state index contributed by atoms with van der Waals surface area (Å²) in [6, 6.07) is 0. The van der Waals surface area contributed by atoms with E-state index < -0.39 is 6.17 Å². The normalized spacial score (nSPS) is 14.5. The Morgan fingerprint density at radius 3 is 2.38 bits per heavy atom. The highest BCUT2D eigenvalue weighted by Crippen LogP contribution is 2.26. The van der Waals surface area contributed by atoms with Gasteiger partial charge in [-0.1, -0.05) is 32.1 Å². The first-order valence-electron chi connectivity index (χ1n) is 4.35. The van der Waals surface area contributed by atoms with Crippen molar-refractivity contribution in [2.24, 2.45) is 5.41 Å². The maximum Gasteiger partial charge on any atom is 0.151 e. The Balaban J connectivity index is 2.70. The lowest BCUT2D eigenvalue weighted by molar-refractivity contribution is 0.370. The zero-order valence-corrected chi connectivity index (χ0v) is 9.28. The standard InChI is InChI=1S/C9H15FN2S/c1-6(10)8-12-11-7(13-8)5-9(2,3)4/h6H,5H2,1-4H3. The first kappa shape index (κ1) is 10.6. The number of alkyl halides is 1. The Labute approximate surface area is 82.2 Å². The number of halogens is 1. The number of aromatic nitrogens is 2. The van der Waals surface area contributed by atoms with Gasteiger partial charge < -0.3 is 0 Å². The molecule has 0 bridgehead atoms. The Bertz CT molecular complexity index is 275. The average Bonchev–Trinajstić information content (AvgIpc) is 2.31. The van der Waals surface area contributed by atoms with Crippen LogP contribution in [0, 0.1) is 5.41 Å². The quantitative estimate of drug-likeness (QED) is 0.736. The summed E-state index contributed by atoms with van der Waals surface area (Å²) in [4.78, 5) is 0. The Morgan fingerprint density at radius 2 is 2.00 bits per heavy atom. The van der Waals surface area contributed by atoms with Crippen LogP contribution in [0.2, 0.25) is 0 Å². The van der Waals surface area contributed by atoms with Crippen LogP contribution >= 0.6 is 11.3 Å². The molecule has 4 heteroatoms. The molecule has 0 N–H and O–H groups in total. The summed E-state index contributed by atoms with van der Waals surface area (Å²) in [5.74, 6) is 0. The van der Waals surface area contributed by atoms with E-state index in [1.54, 1.807) is 0 Å². The summed E-state index contributed by atoms with van der Waals surface area (Å²) < 4.78 is 12.8. The number of hydrogen-bond acceptors (Lipinski definition) is 3. The van der Waals surface area contributed by atoms with Gasteiger partial charge in [0.05, 0.1) is 0 Å². The van der Waals surface area contributed by atoms with Gasteiger partial charge in [0.1, 0.15) is 5.01 Å². The van der Waals surface area contributed by atoms with Crippen LogP contribution < -0.4 is 0 Å². The van der Waals surface area contributed by atoms with Gasteiger partial charge in [0.15, 0.2) is 11.2 Å². The van der Waals surface area contributed by atoms with E-state index in [2.05, 4.69) is 31.0 Å². The molecule has 1 atom stereocenters. The summed E-state index contributed by atoms with van der Waals surface area (Å²) in [6.07, 6.45) is -0.136. The second-order valence-corrected chi connectivity index (χ2v) is 5.48. The molecule has 0 radical (unpaired) electrons. The molecule has 1 aromatic heterocycles. The molecule has 13 heavy (non-hydrogen) atoms. The van der Waals surface area contributed by atoms with Gasteiger partial charge in [-0.05, 0) is 12.3 Å². The lowest BCUT2D eigenvalue weighted by atomic mass is 9.93. The molecule has 0 amide bonds. The van der Waals surface area contributed by atoms with Crippen LogP contribution in [-0.2, 0) is 6.42 Å². The predicted octanol–water partition coefficient (Wildman–Crippen LogP) is 3.16. The summed E-state index contributed by atoms with van der Waals surface area (Å²) in [7, 11) is 0. The van der Waals surface area contributed by atoms with Crippen molar-refractivity contribution in [1.82, 2.24) is 10.2 Å². The molecule has 1 unspecified atom stereocenters. The van der Waals surface area contributed by atoms with Crippen molar-refractivity contribution in [2.45, 2.75) is 40.3 Å². The maximum atomic E-state index is 12.8. The van der Waals surface area contributed by atoms with Crippen molar-refractivity contribution >= 4 is 11.3 Å². The van der Waals surface area contributed by atoms with Crippen molar-refractivity contribution in [1.29, 1.82) is 0 Å². The molecular weight excluding hydrogens is 187 g/mol. The SMILES string of the molecule is CC(F)c1nnc(CC(C)(C)C)s1. The van der Waals surface area contributed by atoms with Gasteiger partial charge >= 0.3 is 0 Å². The van der Waals surface area contributed by atoms with E-state index in [0.29, 0.717) is 5.01 Å². The molecule has 2 nitrogen and oxygen atoms in total. The largest absolute Gasteiger partial charge is 0.240 e. The molecule has 1 heterocycles. The highest BCUT2D eigenvalue weighted by molar-refractivity contribution is 7.11. The minimum atomic E-state index is -0.994. The van der Waals surface area contributed by atoms with Crippen LogP contribution in [-0.4, -0.2) is 10.2 Å². The molecule has 1 aromatic rings. The highest BCUT2D eigenvalue weighted by Gasteiger charge is 2.16. The summed E-state index contributed by atoms with van der Waals surface area (Å²) >= 11 is 1.37. The third-order valence-corrected chi connectivity index (χ3v) is 2.58. The van der Waals surface area contributed by atoms with Crippen LogP contribution in [0.4, 0.5) is 4.39 Å². The van der Waals surface area contributed by atoms with Crippen LogP contribution in [0.25, 0.3) is 0 Å². The first-order chi connectivity index (χ1) is 5.88. The highest BCUT2D eigenvalue weighted by atomic mass is 32.1. The lowest BCUT2D eigenvalue weighted by Gasteiger charge is -2.14. The van der Waals surface area contributed by atoms with Crippen molar-refractivity contribution in [3.8, 4) is 0 Å². The van der Waals surface area contributed by atoms with E-state index in [-0.39, 0.29) is 5.41 Å². The van der Waals surface area contributed by atoms with E-state index in [1.807, 2.05) is 0 Å². The summed E-state index contributed by atoms with van der Waals surface area (Å²) in [6.45, 7) is 7.88. The number of nitrogens with zero attached hydrogens (tertiary/aromatic N) is 2. The second kappa shape index (κ2) is 3.70. The maximum absolute atomic E-state index is 12.8. The zero-order chi connectivity index (χ0) is 10.1. The van der Waals surface area contributed by atoms with Gasteiger partial charge in [0, 0.05) is 6.42 Å². The number of hydrogen-bond donors (Lipinski definition) is 0. The van der Waals surface area contributed by atoms with E-state index >= 15 is 0 Å². The summed E-state index contributed by atoms with van der Waals surface area (Å²) in [5, 5.41) is 9.15. The molecule has 0 saturated heterocycles. The Hall–Kier alpha value is -0.510. The molecule has 0 aliphatic rings. The van der Waals surface area contributed by atoms with Crippen LogP contribution in [0.5, 0.6) is 0 Å². The van der Waals surface area contributed by atoms with Gasteiger partial charge in [0.2, 0.25) is 0 Å². The van der Waals surface area contributed by atoms with Gasteiger partial charge in [-0.25, -0.2) is 4.39 Å². The minimum absolute atomic E-state index is 0.191. The molecular formula is C9H15FN2S. The molecule has 74 valence electrons. The lowest BCUT2D eigenvalue weighted by Crippen LogP contribution is -2.08. The van der Waals surface area contributed by atoms with Crippen molar-refractivity contribution in [3.63, 3.8) is 0 Å². The van der Waals surface area contributed by atoms with Crippen molar-refractivity contribution in [3.05, 3.63) is 10.0 Å². The smallest absolute Gasteiger partial charge is 0.151 e. The molecule has 0 spiro atoms. The molecule has 0 aromatic carbocycles. The van der Waals surface area contributed by atoms with Crippen LogP contribution in [0.3, 0.4) is 0 Å². The van der Waals surface area contributed by atoms with E-state index in [9.17, 15) is 4.39 Å². The molecule has 1 rings (SSSR count). The molecule has 0 aliphatic carbocycles. The Kier molecular flexibility index (Phi) is 3.01. The predicted molar refractivity (Wildman–Crippen MR) is 52.6 cm³/mol. The fraction of sp³-hybridized carbons (Fsp3) is 0.778.